The molecule has 2 heterocycles. The highest BCUT2D eigenvalue weighted by Gasteiger charge is 2.17. The second kappa shape index (κ2) is 6.74. The van der Waals surface area contributed by atoms with Crippen molar-refractivity contribution in [1.29, 1.82) is 0 Å². The van der Waals surface area contributed by atoms with Gasteiger partial charge in [-0.1, -0.05) is 12.1 Å². The number of hydrogen-bond donors (Lipinski definition) is 1. The van der Waals surface area contributed by atoms with Crippen LogP contribution in [0.2, 0.25) is 0 Å². The van der Waals surface area contributed by atoms with E-state index in [1.165, 1.54) is 0 Å². The normalized spacial score (nSPS) is 12.6. The average Bonchev–Trinajstić information content (AvgIpc) is 2.89. The van der Waals surface area contributed by atoms with E-state index < -0.39 is 6.04 Å². The highest BCUT2D eigenvalue weighted by atomic mass is 79.9. The summed E-state index contributed by atoms with van der Waals surface area (Å²) in [4.78, 5) is 8.43. The molecule has 1 unspecified atom stereocenters. The zero-order chi connectivity index (χ0) is 13.7. The number of rotatable bonds is 6. The van der Waals surface area contributed by atoms with Crippen LogP contribution in [0.1, 0.15) is 25.2 Å². The van der Waals surface area contributed by atoms with Crippen molar-refractivity contribution in [2.24, 2.45) is 5.73 Å². The zero-order valence-corrected chi connectivity index (χ0v) is 12.1. The molecule has 7 heteroatoms. The summed E-state index contributed by atoms with van der Waals surface area (Å²) in [5.74, 6) is 0.761. The van der Waals surface area contributed by atoms with Crippen molar-refractivity contribution in [2.45, 2.75) is 19.4 Å². The number of aromatic nitrogens is 3. The van der Waals surface area contributed by atoms with Crippen molar-refractivity contribution in [3.05, 3.63) is 28.6 Å². The molecule has 0 saturated carbocycles. The van der Waals surface area contributed by atoms with Gasteiger partial charge in [0.25, 0.3) is 5.89 Å². The number of ether oxygens (including phenoxy) is 1. The molecule has 0 amide bonds. The fraction of sp³-hybridized carbons (Fsp3) is 0.417. The van der Waals surface area contributed by atoms with Gasteiger partial charge in [-0.05, 0) is 34.5 Å². The van der Waals surface area contributed by atoms with Gasteiger partial charge in [0.05, 0.1) is 12.6 Å². The summed E-state index contributed by atoms with van der Waals surface area (Å²) in [6, 6.07) is 3.28. The van der Waals surface area contributed by atoms with Crippen LogP contribution in [0.4, 0.5) is 0 Å². The van der Waals surface area contributed by atoms with Gasteiger partial charge in [0.15, 0.2) is 5.82 Å². The van der Waals surface area contributed by atoms with Gasteiger partial charge in [0.1, 0.15) is 5.69 Å². The van der Waals surface area contributed by atoms with E-state index in [0.29, 0.717) is 30.6 Å². The van der Waals surface area contributed by atoms with Crippen LogP contribution in [0, 0.1) is 0 Å². The van der Waals surface area contributed by atoms with E-state index in [0.717, 1.165) is 10.9 Å². The molecule has 6 nitrogen and oxygen atoms in total. The minimum atomic E-state index is -0.397. The fourth-order valence-electron chi connectivity index (χ4n) is 1.45. The molecule has 0 spiro atoms. The predicted octanol–water partition coefficient (Wildman–Crippen LogP) is 2.32. The summed E-state index contributed by atoms with van der Waals surface area (Å²) in [5.41, 5.74) is 6.52. The molecule has 0 radical (unpaired) electrons. The van der Waals surface area contributed by atoms with E-state index in [9.17, 15) is 0 Å². The summed E-state index contributed by atoms with van der Waals surface area (Å²) in [6.45, 7) is 3.08. The Morgan fingerprint density at radius 2 is 2.37 bits per heavy atom. The van der Waals surface area contributed by atoms with Crippen LogP contribution < -0.4 is 5.73 Å². The van der Waals surface area contributed by atoms with Gasteiger partial charge < -0.3 is 15.0 Å². The largest absolute Gasteiger partial charge is 0.379 e. The molecule has 0 fully saturated rings. The minimum Gasteiger partial charge on any atom is -0.379 e. The first-order valence-corrected chi connectivity index (χ1v) is 6.79. The third kappa shape index (κ3) is 3.59. The Bertz CT molecular complexity index is 532. The number of hydrogen-bond acceptors (Lipinski definition) is 6. The molecule has 2 aromatic rings. The van der Waals surface area contributed by atoms with Gasteiger partial charge in [-0.2, -0.15) is 4.98 Å². The maximum absolute atomic E-state index is 5.92. The lowest BCUT2D eigenvalue weighted by Gasteiger charge is -2.06. The Labute approximate surface area is 119 Å². The molecule has 0 aliphatic heterocycles. The first kappa shape index (κ1) is 14.1. The first-order valence-electron chi connectivity index (χ1n) is 6.00. The Balaban J connectivity index is 2.09. The third-order valence-electron chi connectivity index (χ3n) is 2.38. The molecule has 2 aromatic heterocycles. The minimum absolute atomic E-state index is 0.341. The average molecular weight is 327 g/mol. The van der Waals surface area contributed by atoms with E-state index in [2.05, 4.69) is 31.1 Å². The van der Waals surface area contributed by atoms with Gasteiger partial charge in [-0.25, -0.2) is 4.98 Å². The van der Waals surface area contributed by atoms with Crippen LogP contribution in [0.5, 0.6) is 0 Å². The number of nitrogens with two attached hydrogens (primary N) is 1. The van der Waals surface area contributed by atoms with Gasteiger partial charge in [0, 0.05) is 17.3 Å². The third-order valence-corrected chi connectivity index (χ3v) is 3.02. The maximum Gasteiger partial charge on any atom is 0.277 e. The van der Waals surface area contributed by atoms with Crippen LogP contribution in [-0.2, 0) is 4.74 Å². The Kier molecular flexibility index (Phi) is 5.00. The highest BCUT2D eigenvalue weighted by Crippen LogP contribution is 2.24. The van der Waals surface area contributed by atoms with Gasteiger partial charge in [-0.15, -0.1) is 0 Å². The summed E-state index contributed by atoms with van der Waals surface area (Å²) in [7, 11) is 0. The monoisotopic (exact) mass is 326 g/mol. The summed E-state index contributed by atoms with van der Waals surface area (Å²) in [5, 5.41) is 3.86. The molecule has 0 aliphatic rings. The summed E-state index contributed by atoms with van der Waals surface area (Å²) in [6.07, 6.45) is 2.61. The molecule has 19 heavy (non-hydrogen) atoms. The SMILES string of the molecule is CCCOCC(N)c1noc(-c2ncccc2Br)n1. The lowest BCUT2D eigenvalue weighted by atomic mass is 10.3. The number of pyridine rings is 1. The van der Waals surface area contributed by atoms with Crippen molar-refractivity contribution < 1.29 is 9.26 Å². The Morgan fingerprint density at radius 3 is 3.11 bits per heavy atom. The fourth-order valence-corrected chi connectivity index (χ4v) is 1.88. The van der Waals surface area contributed by atoms with Crippen molar-refractivity contribution in [3.8, 4) is 11.6 Å². The van der Waals surface area contributed by atoms with Crippen molar-refractivity contribution in [3.63, 3.8) is 0 Å². The van der Waals surface area contributed by atoms with Gasteiger partial charge in [-0.3, -0.25) is 0 Å². The standard InChI is InChI=1S/C12H15BrN4O2/c1-2-6-18-7-9(14)11-16-12(19-17-11)10-8(13)4-3-5-15-10/h3-5,9H,2,6-7,14H2,1H3. The second-order valence-electron chi connectivity index (χ2n) is 3.97. The Morgan fingerprint density at radius 1 is 1.53 bits per heavy atom. The van der Waals surface area contributed by atoms with Gasteiger partial charge >= 0.3 is 0 Å². The molecule has 102 valence electrons. The van der Waals surface area contributed by atoms with E-state index in [4.69, 9.17) is 15.0 Å². The summed E-state index contributed by atoms with van der Waals surface area (Å²) < 4.78 is 11.3. The molecule has 0 bridgehead atoms. The molecule has 0 saturated heterocycles. The van der Waals surface area contributed by atoms with E-state index in [1.807, 2.05) is 19.1 Å². The molecular formula is C12H15BrN4O2. The van der Waals surface area contributed by atoms with E-state index >= 15 is 0 Å². The molecule has 0 aromatic carbocycles. The van der Waals surface area contributed by atoms with Crippen molar-refractivity contribution >= 4 is 15.9 Å². The molecule has 1 atom stereocenters. The Hall–Kier alpha value is -1.31. The van der Waals surface area contributed by atoms with Crippen molar-refractivity contribution in [2.75, 3.05) is 13.2 Å². The molecular weight excluding hydrogens is 312 g/mol. The topological polar surface area (TPSA) is 87.1 Å². The first-order chi connectivity index (χ1) is 9.22. The lowest BCUT2D eigenvalue weighted by molar-refractivity contribution is 0.119. The second-order valence-corrected chi connectivity index (χ2v) is 4.83. The smallest absolute Gasteiger partial charge is 0.277 e. The zero-order valence-electron chi connectivity index (χ0n) is 10.5. The van der Waals surface area contributed by atoms with Crippen LogP contribution in [0.25, 0.3) is 11.6 Å². The van der Waals surface area contributed by atoms with Crippen LogP contribution in [0.3, 0.4) is 0 Å². The quantitative estimate of drug-likeness (QED) is 0.819. The van der Waals surface area contributed by atoms with Crippen LogP contribution in [0.15, 0.2) is 27.3 Å². The van der Waals surface area contributed by atoms with Gasteiger partial charge in [0.2, 0.25) is 0 Å². The highest BCUT2D eigenvalue weighted by molar-refractivity contribution is 9.10. The molecule has 2 rings (SSSR count). The molecule has 2 N–H and O–H groups in total. The lowest BCUT2D eigenvalue weighted by Crippen LogP contribution is -2.18. The predicted molar refractivity (Wildman–Crippen MR) is 73.3 cm³/mol. The maximum atomic E-state index is 5.92. The van der Waals surface area contributed by atoms with E-state index in [-0.39, 0.29) is 0 Å². The molecule has 0 aliphatic carbocycles. The van der Waals surface area contributed by atoms with Crippen molar-refractivity contribution in [1.82, 2.24) is 15.1 Å². The van der Waals surface area contributed by atoms with Crippen LogP contribution >= 0.6 is 15.9 Å². The van der Waals surface area contributed by atoms with Crippen LogP contribution in [-0.4, -0.2) is 28.3 Å². The number of nitrogens with zero attached hydrogens (tertiary/aromatic N) is 3. The summed E-state index contributed by atoms with van der Waals surface area (Å²) >= 11 is 3.38. The number of halogens is 1. The van der Waals surface area contributed by atoms with E-state index in [1.54, 1.807) is 6.20 Å².